The Kier molecular flexibility index (Phi) is 6.72. The second-order valence-electron chi connectivity index (χ2n) is 4.28. The Hall–Kier alpha value is -1.23. The highest BCUT2D eigenvalue weighted by Crippen LogP contribution is 2.32. The first-order valence-electron chi connectivity index (χ1n) is 6.24. The summed E-state index contributed by atoms with van der Waals surface area (Å²) < 4.78 is 81.4. The predicted molar refractivity (Wildman–Crippen MR) is 71.3 cm³/mol. The van der Waals surface area contributed by atoms with Gasteiger partial charge in [0.15, 0.2) is 0 Å². The summed E-state index contributed by atoms with van der Waals surface area (Å²) in [5, 5.41) is 2.86. The molecule has 0 atom stereocenters. The number of ether oxygens (including phenoxy) is 1. The lowest BCUT2D eigenvalue weighted by atomic mass is 10.2. The van der Waals surface area contributed by atoms with Crippen molar-refractivity contribution < 1.29 is 30.7 Å². The van der Waals surface area contributed by atoms with E-state index in [1.807, 2.05) is 0 Å². The third-order valence-electron chi connectivity index (χ3n) is 2.63. The molecule has 1 aromatic rings. The van der Waals surface area contributed by atoms with Crippen LogP contribution in [0, 0.1) is 5.82 Å². The van der Waals surface area contributed by atoms with Crippen LogP contribution in [0.15, 0.2) is 23.1 Å². The Morgan fingerprint density at radius 3 is 2.45 bits per heavy atom. The molecule has 0 unspecified atom stereocenters. The van der Waals surface area contributed by atoms with Crippen molar-refractivity contribution in [2.24, 2.45) is 0 Å². The third kappa shape index (κ3) is 5.52. The zero-order valence-electron chi connectivity index (χ0n) is 11.7. The number of benzene rings is 1. The molecule has 0 saturated carbocycles. The molecule has 0 aliphatic heterocycles. The topological polar surface area (TPSA) is 67.4 Å². The number of halogens is 4. The van der Waals surface area contributed by atoms with Crippen LogP contribution in [0.2, 0.25) is 0 Å². The van der Waals surface area contributed by atoms with E-state index in [1.165, 1.54) is 7.11 Å². The van der Waals surface area contributed by atoms with Crippen LogP contribution >= 0.6 is 0 Å². The number of methoxy groups -OCH3 is 1. The molecule has 0 aliphatic rings. The van der Waals surface area contributed by atoms with Gasteiger partial charge >= 0.3 is 6.18 Å². The minimum absolute atomic E-state index is 0.0230. The molecule has 1 aromatic carbocycles. The summed E-state index contributed by atoms with van der Waals surface area (Å²) in [6, 6.07) is 1.54. The van der Waals surface area contributed by atoms with Crippen LogP contribution in [-0.2, 0) is 20.9 Å². The molecule has 1 rings (SSSR count). The highest BCUT2D eigenvalue weighted by atomic mass is 32.2. The van der Waals surface area contributed by atoms with E-state index in [2.05, 4.69) is 10.0 Å². The summed E-state index contributed by atoms with van der Waals surface area (Å²) in [5.74, 6) is -1.52. The molecule has 10 heteroatoms. The zero-order valence-corrected chi connectivity index (χ0v) is 12.5. The summed E-state index contributed by atoms with van der Waals surface area (Å²) in [6.07, 6.45) is -4.96. The Labute approximate surface area is 125 Å². The second-order valence-corrected chi connectivity index (χ2v) is 6.05. The van der Waals surface area contributed by atoms with E-state index in [-0.39, 0.29) is 19.2 Å². The highest BCUT2D eigenvalue weighted by Gasteiger charge is 2.35. The molecule has 0 fully saturated rings. The lowest BCUT2D eigenvalue weighted by molar-refractivity contribution is -0.140. The van der Waals surface area contributed by atoms with Crippen LogP contribution in [-0.4, -0.2) is 41.8 Å². The summed E-state index contributed by atoms with van der Waals surface area (Å²) in [7, 11) is -2.63. The Bertz CT molecular complexity index is 591. The second kappa shape index (κ2) is 7.86. The molecule has 0 radical (unpaired) electrons. The first kappa shape index (κ1) is 18.8. The fraction of sp³-hybridized carbons (Fsp3) is 0.500. The molecule has 22 heavy (non-hydrogen) atoms. The molecule has 0 aromatic heterocycles. The SMILES string of the molecule is COCCNCCNS(=O)(=O)c1ccc(F)c(C(F)(F)F)c1. The molecule has 0 bridgehead atoms. The van der Waals surface area contributed by atoms with Crippen LogP contribution in [0.4, 0.5) is 17.6 Å². The highest BCUT2D eigenvalue weighted by molar-refractivity contribution is 7.89. The van der Waals surface area contributed by atoms with E-state index >= 15 is 0 Å². The van der Waals surface area contributed by atoms with E-state index in [0.717, 1.165) is 6.07 Å². The van der Waals surface area contributed by atoms with Gasteiger partial charge in [-0.3, -0.25) is 0 Å². The van der Waals surface area contributed by atoms with Gasteiger partial charge in [0.25, 0.3) is 0 Å². The van der Waals surface area contributed by atoms with E-state index in [4.69, 9.17) is 4.74 Å². The van der Waals surface area contributed by atoms with Crippen LogP contribution in [0.5, 0.6) is 0 Å². The largest absolute Gasteiger partial charge is 0.419 e. The quantitative estimate of drug-likeness (QED) is 0.552. The van der Waals surface area contributed by atoms with Crippen molar-refractivity contribution in [2.75, 3.05) is 33.4 Å². The summed E-state index contributed by atoms with van der Waals surface area (Å²) >= 11 is 0. The van der Waals surface area contributed by atoms with Crippen molar-refractivity contribution in [3.8, 4) is 0 Å². The van der Waals surface area contributed by atoms with Crippen molar-refractivity contribution in [3.05, 3.63) is 29.6 Å². The summed E-state index contributed by atoms with van der Waals surface area (Å²) in [6.45, 7) is 1.20. The Morgan fingerprint density at radius 2 is 1.86 bits per heavy atom. The minimum Gasteiger partial charge on any atom is -0.383 e. The average Bonchev–Trinajstić information content (AvgIpc) is 2.41. The minimum atomic E-state index is -4.96. The molecule has 126 valence electrons. The lowest BCUT2D eigenvalue weighted by Crippen LogP contribution is -2.33. The van der Waals surface area contributed by atoms with Crippen molar-refractivity contribution in [1.29, 1.82) is 0 Å². The zero-order chi connectivity index (χ0) is 16.8. The van der Waals surface area contributed by atoms with Crippen LogP contribution in [0.3, 0.4) is 0 Å². The van der Waals surface area contributed by atoms with Gasteiger partial charge in [0.1, 0.15) is 5.82 Å². The van der Waals surface area contributed by atoms with E-state index in [1.54, 1.807) is 0 Å². The molecular formula is C12H16F4N2O3S. The van der Waals surface area contributed by atoms with Gasteiger partial charge in [-0.2, -0.15) is 13.2 Å². The first-order valence-corrected chi connectivity index (χ1v) is 7.73. The average molecular weight is 344 g/mol. The van der Waals surface area contributed by atoms with Crippen molar-refractivity contribution in [3.63, 3.8) is 0 Å². The van der Waals surface area contributed by atoms with E-state index in [9.17, 15) is 26.0 Å². The van der Waals surface area contributed by atoms with Crippen LogP contribution in [0.1, 0.15) is 5.56 Å². The van der Waals surface area contributed by atoms with Gasteiger partial charge in [0.2, 0.25) is 10.0 Å². The van der Waals surface area contributed by atoms with Gasteiger partial charge in [-0.15, -0.1) is 0 Å². The van der Waals surface area contributed by atoms with Crippen LogP contribution in [0.25, 0.3) is 0 Å². The predicted octanol–water partition coefficient (Wildman–Crippen LogP) is 1.36. The molecule has 0 saturated heterocycles. The van der Waals surface area contributed by atoms with Gasteiger partial charge in [0, 0.05) is 26.7 Å². The number of hydrogen-bond donors (Lipinski definition) is 2. The third-order valence-corrected chi connectivity index (χ3v) is 4.09. The van der Waals surface area contributed by atoms with Crippen molar-refractivity contribution in [1.82, 2.24) is 10.0 Å². The molecule has 5 nitrogen and oxygen atoms in total. The molecular weight excluding hydrogens is 328 g/mol. The maximum atomic E-state index is 13.1. The molecule has 0 aliphatic carbocycles. The number of alkyl halides is 3. The van der Waals surface area contributed by atoms with Crippen molar-refractivity contribution >= 4 is 10.0 Å². The van der Waals surface area contributed by atoms with Gasteiger partial charge in [-0.1, -0.05) is 0 Å². The standard InChI is InChI=1S/C12H16F4N2O3S/c1-21-7-6-17-4-5-18-22(19,20)9-2-3-11(13)10(8-9)12(14,15)16/h2-3,8,17-18H,4-7H2,1H3. The molecule has 0 spiro atoms. The van der Waals surface area contributed by atoms with Gasteiger partial charge in [0.05, 0.1) is 17.1 Å². The maximum Gasteiger partial charge on any atom is 0.419 e. The molecule has 0 heterocycles. The van der Waals surface area contributed by atoms with E-state index < -0.39 is 32.5 Å². The lowest BCUT2D eigenvalue weighted by Gasteiger charge is -2.11. The number of sulfonamides is 1. The first-order chi connectivity index (χ1) is 10.2. The van der Waals surface area contributed by atoms with Crippen molar-refractivity contribution in [2.45, 2.75) is 11.1 Å². The number of rotatable bonds is 8. The van der Waals surface area contributed by atoms with E-state index in [0.29, 0.717) is 19.2 Å². The number of hydrogen-bond acceptors (Lipinski definition) is 4. The fourth-order valence-corrected chi connectivity index (χ4v) is 2.60. The summed E-state index contributed by atoms with van der Waals surface area (Å²) in [4.78, 5) is -0.641. The van der Waals surface area contributed by atoms with Gasteiger partial charge < -0.3 is 10.1 Å². The Morgan fingerprint density at radius 1 is 1.18 bits per heavy atom. The Balaban J connectivity index is 2.73. The molecule has 0 amide bonds. The summed E-state index contributed by atoms with van der Waals surface area (Å²) in [5.41, 5.74) is -1.62. The smallest absolute Gasteiger partial charge is 0.383 e. The van der Waals surface area contributed by atoms with Gasteiger partial charge in [-0.25, -0.2) is 17.5 Å². The number of nitrogens with one attached hydrogen (secondary N) is 2. The monoisotopic (exact) mass is 344 g/mol. The normalized spacial score (nSPS) is 12.6. The maximum absolute atomic E-state index is 13.1. The molecule has 2 N–H and O–H groups in total. The van der Waals surface area contributed by atoms with Gasteiger partial charge in [-0.05, 0) is 18.2 Å². The fourth-order valence-electron chi connectivity index (χ4n) is 1.55. The van der Waals surface area contributed by atoms with Crippen LogP contribution < -0.4 is 10.0 Å².